The van der Waals surface area contributed by atoms with Crippen molar-refractivity contribution in [2.24, 2.45) is 0 Å². The molecule has 4 atom stereocenters. The van der Waals surface area contributed by atoms with Crippen LogP contribution in [0.4, 0.5) is 24.0 Å². The monoisotopic (exact) mass is 707 g/mol. The second-order valence-corrected chi connectivity index (χ2v) is 14.2. The zero-order chi connectivity index (χ0) is 34.0. The fraction of sp³-hybridized carbons (Fsp3) is 0.412. The van der Waals surface area contributed by atoms with Crippen molar-refractivity contribution in [2.45, 2.75) is 49.5 Å². The Kier molecular flexibility index (Phi) is 7.95. The second kappa shape index (κ2) is 12.2. The van der Waals surface area contributed by atoms with Crippen LogP contribution < -0.4 is 20.1 Å². The molecular formula is C34H29ClF3N7O3S. The molecule has 15 heteroatoms. The van der Waals surface area contributed by atoms with Gasteiger partial charge < -0.3 is 24.8 Å². The number of nitrogens with two attached hydrogens (primary N) is 1. The maximum Gasteiger partial charge on any atom is 0.319 e. The second-order valence-electron chi connectivity index (χ2n) is 12.8. The molecule has 4 aliphatic heterocycles. The van der Waals surface area contributed by atoms with Gasteiger partial charge in [0, 0.05) is 36.6 Å². The van der Waals surface area contributed by atoms with E-state index >= 15 is 8.78 Å². The summed E-state index contributed by atoms with van der Waals surface area (Å²) in [4.78, 5) is 13.5. The molecular weight excluding hydrogens is 679 g/mol. The largest absolute Gasteiger partial charge is 0.489 e. The molecule has 0 saturated carbocycles. The van der Waals surface area contributed by atoms with Gasteiger partial charge in [-0.15, -0.1) is 11.3 Å². The number of nitriles is 2. The molecule has 49 heavy (non-hydrogen) atoms. The van der Waals surface area contributed by atoms with E-state index in [2.05, 4.69) is 9.88 Å². The number of halogens is 4. The topological polar surface area (TPSA) is 134 Å². The van der Waals surface area contributed by atoms with Gasteiger partial charge in [-0.25, -0.2) is 13.2 Å². The first-order chi connectivity index (χ1) is 23.7. The SMILES string of the molecule is N#C/C=C/C1COc2c(Cl)c(-c3ccc(F)c4sc(N)c(C#N)c34)c(F)c3nc(OC[C@@]45CCCN4C[C@H](F)C5)nc(c23)N1C1CCOC1. The molecule has 2 aromatic heterocycles. The summed E-state index contributed by atoms with van der Waals surface area (Å²) in [6.45, 7) is 2.04. The molecule has 3 fully saturated rings. The summed E-state index contributed by atoms with van der Waals surface area (Å²) in [7, 11) is 0. The van der Waals surface area contributed by atoms with Crippen molar-refractivity contribution in [1.82, 2.24) is 14.9 Å². The standard InChI is InChI=1S/C34H29ClF3N7O3S/c35-26-24(20-4-5-22(37)30-23(20)21(12-40)31(41)49-30)27(38)28-25-29(26)47-15-18(3-1-8-39)45(19-6-10-46-14-19)32(25)43-33(42-28)48-16-34-7-2-9-44(34)13-17(36)11-34/h1,3-5,17-19H,2,6-7,9-11,13-16,41H2/b3-1+/t17-,18?,19?,34+/m1/s1. The number of aromatic nitrogens is 2. The van der Waals surface area contributed by atoms with E-state index in [4.69, 9.17) is 36.5 Å². The van der Waals surface area contributed by atoms with E-state index in [1.54, 1.807) is 6.08 Å². The first kappa shape index (κ1) is 31.9. The predicted molar refractivity (Wildman–Crippen MR) is 179 cm³/mol. The Labute approximate surface area is 288 Å². The van der Waals surface area contributed by atoms with Gasteiger partial charge in [0.15, 0.2) is 11.6 Å². The van der Waals surface area contributed by atoms with Gasteiger partial charge in [0.05, 0.1) is 51.0 Å². The summed E-state index contributed by atoms with van der Waals surface area (Å²) >= 11 is 7.94. The molecule has 2 unspecified atom stereocenters. The number of anilines is 2. The summed E-state index contributed by atoms with van der Waals surface area (Å²) < 4.78 is 65.3. The van der Waals surface area contributed by atoms with Crippen molar-refractivity contribution in [1.29, 1.82) is 10.5 Å². The molecule has 0 radical (unpaired) electrons. The summed E-state index contributed by atoms with van der Waals surface area (Å²) in [5.41, 5.74) is 5.40. The van der Waals surface area contributed by atoms with Gasteiger partial charge in [-0.05, 0) is 43.5 Å². The van der Waals surface area contributed by atoms with Crippen LogP contribution in [0.15, 0.2) is 24.3 Å². The van der Waals surface area contributed by atoms with Crippen molar-refractivity contribution in [3.8, 4) is 35.0 Å². The van der Waals surface area contributed by atoms with Gasteiger partial charge in [0.25, 0.3) is 0 Å². The van der Waals surface area contributed by atoms with Crippen molar-refractivity contribution < 1.29 is 27.4 Å². The van der Waals surface area contributed by atoms with Crippen LogP contribution in [-0.4, -0.2) is 78.2 Å². The van der Waals surface area contributed by atoms with E-state index in [0.717, 1.165) is 30.7 Å². The number of nitrogens with zero attached hydrogens (tertiary/aromatic N) is 6. The highest BCUT2D eigenvalue weighted by Gasteiger charge is 2.49. The number of nitrogen functional groups attached to an aromatic ring is 1. The number of alkyl halides is 1. The minimum absolute atomic E-state index is 0.00136. The Balaban J connectivity index is 1.37. The quantitative estimate of drug-likeness (QED) is 0.228. The van der Waals surface area contributed by atoms with Crippen molar-refractivity contribution >= 4 is 54.7 Å². The maximum absolute atomic E-state index is 17.3. The predicted octanol–water partition coefficient (Wildman–Crippen LogP) is 6.29. The van der Waals surface area contributed by atoms with Gasteiger partial charge in [-0.1, -0.05) is 17.7 Å². The molecule has 0 spiro atoms. The lowest BCUT2D eigenvalue weighted by Gasteiger charge is -2.34. The number of hydrogen-bond acceptors (Lipinski definition) is 11. The summed E-state index contributed by atoms with van der Waals surface area (Å²) in [6.07, 6.45) is 4.64. The number of benzene rings is 2. The van der Waals surface area contributed by atoms with Crippen molar-refractivity contribution in [3.05, 3.63) is 46.5 Å². The minimum atomic E-state index is -0.976. The zero-order valence-electron chi connectivity index (χ0n) is 26.0. The van der Waals surface area contributed by atoms with E-state index in [-0.39, 0.29) is 84.5 Å². The molecule has 0 amide bonds. The number of fused-ring (bicyclic) bond motifs is 2. The van der Waals surface area contributed by atoms with Crippen LogP contribution in [0.5, 0.6) is 11.8 Å². The van der Waals surface area contributed by atoms with Gasteiger partial charge in [-0.2, -0.15) is 20.5 Å². The smallest absolute Gasteiger partial charge is 0.319 e. The summed E-state index contributed by atoms with van der Waals surface area (Å²) in [5, 5.41) is 19.6. The van der Waals surface area contributed by atoms with Crippen molar-refractivity contribution in [3.63, 3.8) is 0 Å². The number of thiophene rings is 1. The highest BCUT2D eigenvalue weighted by atomic mass is 35.5. The Morgan fingerprint density at radius 1 is 1.22 bits per heavy atom. The lowest BCUT2D eigenvalue weighted by Crippen LogP contribution is -2.46. The Hall–Kier alpha value is -4.34. The summed E-state index contributed by atoms with van der Waals surface area (Å²) in [6, 6.07) is 5.68. The third-order valence-corrected chi connectivity index (χ3v) is 11.5. The normalized spacial score (nSPS) is 25.1. The maximum atomic E-state index is 17.3. The van der Waals surface area contributed by atoms with E-state index < -0.39 is 29.4 Å². The molecule has 4 aliphatic rings. The molecule has 0 bridgehead atoms. The van der Waals surface area contributed by atoms with E-state index in [0.29, 0.717) is 32.6 Å². The third kappa shape index (κ3) is 5.04. The van der Waals surface area contributed by atoms with Gasteiger partial charge in [0.1, 0.15) is 47.6 Å². The molecule has 10 nitrogen and oxygen atoms in total. The van der Waals surface area contributed by atoms with E-state index in [1.165, 1.54) is 18.2 Å². The Morgan fingerprint density at radius 2 is 2.08 bits per heavy atom. The highest BCUT2D eigenvalue weighted by Crippen LogP contribution is 2.51. The average Bonchev–Trinajstić information content (AvgIpc) is 3.86. The van der Waals surface area contributed by atoms with Gasteiger partial charge in [0.2, 0.25) is 0 Å². The van der Waals surface area contributed by atoms with Crippen LogP contribution in [0, 0.1) is 34.3 Å². The number of allylic oxidation sites excluding steroid dienone is 1. The molecule has 252 valence electrons. The highest BCUT2D eigenvalue weighted by molar-refractivity contribution is 7.23. The van der Waals surface area contributed by atoms with Crippen LogP contribution in [0.2, 0.25) is 5.02 Å². The van der Waals surface area contributed by atoms with Gasteiger partial charge >= 0.3 is 6.01 Å². The fourth-order valence-electron chi connectivity index (χ4n) is 7.91. The van der Waals surface area contributed by atoms with E-state index in [9.17, 15) is 14.9 Å². The molecule has 0 aliphatic carbocycles. The Morgan fingerprint density at radius 3 is 2.86 bits per heavy atom. The van der Waals surface area contributed by atoms with Crippen LogP contribution in [0.1, 0.15) is 31.2 Å². The molecule has 6 heterocycles. The third-order valence-electron chi connectivity index (χ3n) is 10.1. The zero-order valence-corrected chi connectivity index (χ0v) is 27.6. The van der Waals surface area contributed by atoms with Gasteiger partial charge in [-0.3, -0.25) is 4.90 Å². The molecule has 2 aromatic carbocycles. The first-order valence-electron chi connectivity index (χ1n) is 16.0. The van der Waals surface area contributed by atoms with Crippen LogP contribution >= 0.6 is 22.9 Å². The lowest BCUT2D eigenvalue weighted by atomic mass is 9.95. The average molecular weight is 708 g/mol. The van der Waals surface area contributed by atoms with Crippen LogP contribution in [0.3, 0.4) is 0 Å². The van der Waals surface area contributed by atoms with Crippen molar-refractivity contribution in [2.75, 3.05) is 50.2 Å². The Bertz CT molecular complexity index is 2130. The molecule has 2 N–H and O–H groups in total. The van der Waals surface area contributed by atoms with Crippen LogP contribution in [-0.2, 0) is 4.74 Å². The lowest BCUT2D eigenvalue weighted by molar-refractivity contribution is 0.107. The number of hydrogen-bond donors (Lipinski definition) is 1. The number of ether oxygens (including phenoxy) is 3. The minimum Gasteiger partial charge on any atom is -0.489 e. The molecule has 4 aromatic rings. The number of rotatable bonds is 6. The first-order valence-corrected chi connectivity index (χ1v) is 17.1. The molecule has 8 rings (SSSR count). The summed E-state index contributed by atoms with van der Waals surface area (Å²) in [5.74, 6) is -1.11. The van der Waals surface area contributed by atoms with E-state index in [1.807, 2.05) is 17.0 Å². The van der Waals surface area contributed by atoms with Crippen LogP contribution in [0.25, 0.3) is 32.1 Å². The molecule has 3 saturated heterocycles. The fourth-order valence-corrected chi connectivity index (χ4v) is 9.19.